The van der Waals surface area contributed by atoms with Crippen LogP contribution in [0.1, 0.15) is 24.2 Å². The molecule has 0 saturated carbocycles. The minimum absolute atomic E-state index is 0.388. The molecule has 0 radical (unpaired) electrons. The molecule has 2 rings (SSSR count). The number of hydrogen-bond donors (Lipinski definition) is 1. The summed E-state index contributed by atoms with van der Waals surface area (Å²) in [6, 6.07) is 5.66. The Bertz CT molecular complexity index is 585. The average molecular weight is 300 g/mol. The highest BCUT2D eigenvalue weighted by molar-refractivity contribution is 7.99. The van der Waals surface area contributed by atoms with Crippen LogP contribution in [-0.4, -0.2) is 15.1 Å². The zero-order valence-electron chi connectivity index (χ0n) is 10.4. The summed E-state index contributed by atoms with van der Waals surface area (Å²) in [6.45, 7) is 1.60. The van der Waals surface area contributed by atoms with Gasteiger partial charge in [0, 0.05) is 18.0 Å². The quantitative estimate of drug-likeness (QED) is 0.939. The predicted octanol–water partition coefficient (Wildman–Crippen LogP) is 3.70. The van der Waals surface area contributed by atoms with E-state index in [1.807, 2.05) is 0 Å². The molecule has 0 aromatic carbocycles. The van der Waals surface area contributed by atoms with E-state index in [0.717, 1.165) is 24.0 Å². The number of aliphatic hydroxyl groups is 1. The summed E-state index contributed by atoms with van der Waals surface area (Å²) in [4.78, 5) is 7.87. The Labute approximate surface area is 117 Å². The molecule has 0 aliphatic heterocycles. The molecule has 0 saturated heterocycles. The Morgan fingerprint density at radius 1 is 1.20 bits per heavy atom. The zero-order chi connectivity index (χ0) is 14.8. The smallest absolute Gasteiger partial charge is 0.389 e. The van der Waals surface area contributed by atoms with Gasteiger partial charge < -0.3 is 5.11 Å². The minimum atomic E-state index is -4.40. The summed E-state index contributed by atoms with van der Waals surface area (Å²) in [5.74, 6) is 0. The lowest BCUT2D eigenvalue weighted by Crippen LogP contribution is -2.05. The van der Waals surface area contributed by atoms with Crippen molar-refractivity contribution in [2.24, 2.45) is 0 Å². The van der Waals surface area contributed by atoms with Crippen LogP contribution in [-0.2, 0) is 6.18 Å². The summed E-state index contributed by atoms with van der Waals surface area (Å²) in [5, 5.41) is 10.5. The van der Waals surface area contributed by atoms with Crippen LogP contribution in [0.5, 0.6) is 0 Å². The molecular weight excluding hydrogens is 289 g/mol. The van der Waals surface area contributed by atoms with Gasteiger partial charge in [0.2, 0.25) is 0 Å². The molecule has 0 bridgehead atoms. The van der Waals surface area contributed by atoms with Gasteiger partial charge in [-0.1, -0.05) is 6.07 Å². The van der Waals surface area contributed by atoms with Crippen LogP contribution in [0.15, 0.2) is 46.7 Å². The van der Waals surface area contributed by atoms with E-state index in [1.165, 1.54) is 6.07 Å². The number of nitrogens with zero attached hydrogens (tertiary/aromatic N) is 2. The lowest BCUT2D eigenvalue weighted by molar-refractivity contribution is -0.137. The molecular formula is C13H11F3N2OS. The fraction of sp³-hybridized carbons (Fsp3) is 0.231. The second kappa shape index (κ2) is 5.80. The summed E-state index contributed by atoms with van der Waals surface area (Å²) in [7, 11) is 0. The van der Waals surface area contributed by atoms with E-state index in [-0.39, 0.29) is 0 Å². The molecule has 2 aromatic heterocycles. The Morgan fingerprint density at radius 2 is 1.95 bits per heavy atom. The van der Waals surface area contributed by atoms with Crippen LogP contribution in [0, 0.1) is 0 Å². The molecule has 1 unspecified atom stereocenters. The monoisotopic (exact) mass is 300 g/mol. The molecule has 3 nitrogen and oxygen atoms in total. The van der Waals surface area contributed by atoms with Gasteiger partial charge in [-0.25, -0.2) is 9.97 Å². The van der Waals surface area contributed by atoms with Gasteiger partial charge in [-0.15, -0.1) is 0 Å². The van der Waals surface area contributed by atoms with Crippen molar-refractivity contribution in [1.29, 1.82) is 0 Å². The third kappa shape index (κ3) is 3.49. The zero-order valence-corrected chi connectivity index (χ0v) is 11.2. The Balaban J connectivity index is 2.23. The molecule has 0 spiro atoms. The van der Waals surface area contributed by atoms with Crippen molar-refractivity contribution in [3.8, 4) is 0 Å². The largest absolute Gasteiger partial charge is 0.417 e. The molecule has 7 heteroatoms. The molecule has 0 aliphatic rings. The molecule has 0 aliphatic carbocycles. The molecule has 0 amide bonds. The van der Waals surface area contributed by atoms with Gasteiger partial charge in [0.1, 0.15) is 10.1 Å². The summed E-state index contributed by atoms with van der Waals surface area (Å²) in [5.41, 5.74) is -0.183. The lowest BCUT2D eigenvalue weighted by Gasteiger charge is -2.10. The molecule has 2 heterocycles. The van der Waals surface area contributed by atoms with E-state index in [1.54, 1.807) is 25.3 Å². The summed E-state index contributed by atoms with van der Waals surface area (Å²) < 4.78 is 37.3. The lowest BCUT2D eigenvalue weighted by atomic mass is 10.2. The third-order valence-electron chi connectivity index (χ3n) is 2.52. The highest BCUT2D eigenvalue weighted by atomic mass is 32.2. The first-order valence-corrected chi connectivity index (χ1v) is 6.53. The Kier molecular flexibility index (Phi) is 4.29. The van der Waals surface area contributed by atoms with Gasteiger partial charge in [0.15, 0.2) is 0 Å². The highest BCUT2D eigenvalue weighted by Gasteiger charge is 2.30. The molecule has 1 atom stereocenters. The van der Waals surface area contributed by atoms with Crippen LogP contribution < -0.4 is 0 Å². The van der Waals surface area contributed by atoms with Crippen molar-refractivity contribution in [2.75, 3.05) is 0 Å². The van der Waals surface area contributed by atoms with Crippen molar-refractivity contribution in [3.63, 3.8) is 0 Å². The van der Waals surface area contributed by atoms with Crippen LogP contribution >= 0.6 is 11.8 Å². The molecule has 20 heavy (non-hydrogen) atoms. The Morgan fingerprint density at radius 3 is 2.50 bits per heavy atom. The van der Waals surface area contributed by atoms with Gasteiger partial charge in [0.25, 0.3) is 0 Å². The van der Waals surface area contributed by atoms with E-state index >= 15 is 0 Å². The van der Waals surface area contributed by atoms with Crippen molar-refractivity contribution in [2.45, 2.75) is 29.3 Å². The first-order chi connectivity index (χ1) is 9.38. The number of rotatable bonds is 3. The number of aromatic nitrogens is 2. The van der Waals surface area contributed by atoms with Gasteiger partial charge in [-0.3, -0.25) is 0 Å². The highest BCUT2D eigenvalue weighted by Crippen LogP contribution is 2.33. The number of aliphatic hydroxyl groups excluding tert-OH is 1. The van der Waals surface area contributed by atoms with E-state index in [2.05, 4.69) is 9.97 Å². The number of alkyl halides is 3. The SMILES string of the molecule is CC(O)c1cccnc1Sc1ccc(C(F)(F)F)cn1. The number of halogens is 3. The second-order valence-electron chi connectivity index (χ2n) is 4.06. The third-order valence-corrected chi connectivity index (χ3v) is 3.50. The topological polar surface area (TPSA) is 46.0 Å². The van der Waals surface area contributed by atoms with Gasteiger partial charge in [-0.05, 0) is 36.9 Å². The first kappa shape index (κ1) is 14.8. The molecule has 0 fully saturated rings. The van der Waals surface area contributed by atoms with Crippen molar-refractivity contribution in [3.05, 3.63) is 47.8 Å². The van der Waals surface area contributed by atoms with Gasteiger partial charge >= 0.3 is 6.18 Å². The van der Waals surface area contributed by atoms with E-state index in [0.29, 0.717) is 15.6 Å². The summed E-state index contributed by atoms with van der Waals surface area (Å²) >= 11 is 1.11. The maximum Gasteiger partial charge on any atom is 0.417 e. The van der Waals surface area contributed by atoms with E-state index in [4.69, 9.17) is 0 Å². The fourth-order valence-corrected chi connectivity index (χ4v) is 2.42. The van der Waals surface area contributed by atoms with Gasteiger partial charge in [-0.2, -0.15) is 13.2 Å². The van der Waals surface area contributed by atoms with Crippen LogP contribution in [0.25, 0.3) is 0 Å². The molecule has 1 N–H and O–H groups in total. The van der Waals surface area contributed by atoms with Crippen molar-refractivity contribution >= 4 is 11.8 Å². The molecule has 106 valence electrons. The number of pyridine rings is 2. The van der Waals surface area contributed by atoms with Gasteiger partial charge in [0.05, 0.1) is 11.7 Å². The maximum absolute atomic E-state index is 12.4. The van der Waals surface area contributed by atoms with Crippen molar-refractivity contribution in [1.82, 2.24) is 9.97 Å². The second-order valence-corrected chi connectivity index (χ2v) is 5.07. The van der Waals surface area contributed by atoms with E-state index < -0.39 is 17.8 Å². The van der Waals surface area contributed by atoms with E-state index in [9.17, 15) is 18.3 Å². The summed E-state index contributed by atoms with van der Waals surface area (Å²) in [6.07, 6.45) is -2.77. The van der Waals surface area contributed by atoms with Crippen LogP contribution in [0.2, 0.25) is 0 Å². The standard InChI is InChI=1S/C13H11F3N2OS/c1-8(19)10-3-2-6-17-12(10)20-11-5-4-9(7-18-11)13(14,15)16/h2-8,19H,1H3. The minimum Gasteiger partial charge on any atom is -0.389 e. The molecule has 2 aromatic rings. The van der Waals surface area contributed by atoms with Crippen LogP contribution in [0.4, 0.5) is 13.2 Å². The van der Waals surface area contributed by atoms with Crippen LogP contribution in [0.3, 0.4) is 0 Å². The normalized spacial score (nSPS) is 13.2. The Hall–Kier alpha value is -1.60. The fourth-order valence-electron chi connectivity index (χ4n) is 1.51. The first-order valence-electron chi connectivity index (χ1n) is 5.72. The van der Waals surface area contributed by atoms with Crippen molar-refractivity contribution < 1.29 is 18.3 Å². The predicted molar refractivity (Wildman–Crippen MR) is 68.2 cm³/mol. The average Bonchev–Trinajstić information content (AvgIpc) is 2.38. The maximum atomic E-state index is 12.4. The number of hydrogen-bond acceptors (Lipinski definition) is 4.